The second-order valence-electron chi connectivity index (χ2n) is 8.37. The summed E-state index contributed by atoms with van der Waals surface area (Å²) in [7, 11) is 0. The van der Waals surface area contributed by atoms with Gasteiger partial charge in [0.05, 0.1) is 18.9 Å². The van der Waals surface area contributed by atoms with Crippen molar-refractivity contribution in [2.75, 3.05) is 42.6 Å². The number of ether oxygens (including phenoxy) is 2. The number of morpholine rings is 1. The minimum atomic E-state index is -1.73. The van der Waals surface area contributed by atoms with Crippen LogP contribution in [0.4, 0.5) is 21.8 Å². The molecule has 2 aliphatic heterocycles. The molecule has 5 rings (SSSR count). The zero-order valence-electron chi connectivity index (χ0n) is 18.3. The van der Waals surface area contributed by atoms with Crippen molar-refractivity contribution in [3.63, 3.8) is 0 Å². The Morgan fingerprint density at radius 2 is 1.69 bits per heavy atom. The number of fused-ring (bicyclic) bond motifs is 1. The van der Waals surface area contributed by atoms with Crippen LogP contribution in [0.3, 0.4) is 0 Å². The van der Waals surface area contributed by atoms with E-state index in [1.807, 2.05) is 24.3 Å². The van der Waals surface area contributed by atoms with Gasteiger partial charge < -0.3 is 19.3 Å². The van der Waals surface area contributed by atoms with E-state index in [4.69, 9.17) is 19.4 Å². The molecule has 32 heavy (non-hydrogen) atoms. The molecule has 0 aliphatic carbocycles. The fourth-order valence-electron chi connectivity index (χ4n) is 4.12. The number of hydrogen-bond acceptors (Lipinski definition) is 7. The van der Waals surface area contributed by atoms with Gasteiger partial charge in [0.1, 0.15) is 11.6 Å². The Kier molecular flexibility index (Phi) is 5.38. The van der Waals surface area contributed by atoms with Crippen LogP contribution in [0.25, 0.3) is 11.3 Å². The predicted octanol–water partition coefficient (Wildman–Crippen LogP) is 4.15. The number of nitrogens with zero attached hydrogens (tertiary/aromatic N) is 5. The summed E-state index contributed by atoms with van der Waals surface area (Å²) in [5, 5.41) is 0. The van der Waals surface area contributed by atoms with Gasteiger partial charge in [0.25, 0.3) is 0 Å². The second-order valence-corrected chi connectivity index (χ2v) is 8.37. The third-order valence-electron chi connectivity index (χ3n) is 5.57. The summed E-state index contributed by atoms with van der Waals surface area (Å²) in [6.45, 7) is 6.44. The van der Waals surface area contributed by atoms with Gasteiger partial charge in [-0.1, -0.05) is 0 Å². The normalized spacial score (nSPS) is 16.2. The lowest BCUT2D eigenvalue weighted by atomic mass is 10.1. The van der Waals surface area contributed by atoms with Crippen LogP contribution in [-0.4, -0.2) is 53.7 Å². The van der Waals surface area contributed by atoms with Crippen molar-refractivity contribution in [1.82, 2.24) is 15.0 Å². The molecule has 166 valence electrons. The number of hydrogen-bond donors (Lipinski definition) is 0. The first-order valence-electron chi connectivity index (χ1n) is 10.9. The molecule has 1 aromatic carbocycles. The first-order chi connectivity index (χ1) is 15.5. The maximum absolute atomic E-state index is 13.9. The fraction of sp³-hybridized carbons (Fsp3) is 0.375. The topological polar surface area (TPSA) is 63.6 Å². The van der Waals surface area contributed by atoms with Gasteiger partial charge in [0.2, 0.25) is 11.8 Å². The average molecular weight is 436 g/mol. The van der Waals surface area contributed by atoms with Crippen molar-refractivity contribution in [2.45, 2.75) is 26.1 Å². The molecule has 3 aromatic rings. The SMILES string of the molecule is CC(C)(F)Oc1ccc(-c2nc(N3CCOCC3)nc3c2CCN3c2ccncc2)cc1. The summed E-state index contributed by atoms with van der Waals surface area (Å²) < 4.78 is 24.7. The first kappa shape index (κ1) is 20.6. The summed E-state index contributed by atoms with van der Waals surface area (Å²) in [5.41, 5.74) is 4.03. The molecule has 0 spiro atoms. The molecule has 2 aliphatic rings. The molecule has 4 heterocycles. The lowest BCUT2D eigenvalue weighted by Gasteiger charge is -2.28. The maximum atomic E-state index is 13.9. The van der Waals surface area contributed by atoms with Crippen LogP contribution < -0.4 is 14.5 Å². The smallest absolute Gasteiger partial charge is 0.242 e. The van der Waals surface area contributed by atoms with Gasteiger partial charge in [-0.3, -0.25) is 4.98 Å². The minimum absolute atomic E-state index is 0.485. The van der Waals surface area contributed by atoms with E-state index >= 15 is 0 Å². The molecular formula is C24H26FN5O2. The second kappa shape index (κ2) is 8.35. The molecule has 0 radical (unpaired) electrons. The van der Waals surface area contributed by atoms with E-state index in [1.54, 1.807) is 24.5 Å². The third-order valence-corrected chi connectivity index (χ3v) is 5.57. The van der Waals surface area contributed by atoms with E-state index in [0.717, 1.165) is 54.4 Å². The Bertz CT molecular complexity index is 1080. The minimum Gasteiger partial charge on any atom is -0.459 e. The highest BCUT2D eigenvalue weighted by Crippen LogP contribution is 2.39. The maximum Gasteiger partial charge on any atom is 0.242 e. The summed E-state index contributed by atoms with van der Waals surface area (Å²) in [6.07, 6.45) is 4.43. The van der Waals surface area contributed by atoms with Gasteiger partial charge in [-0.15, -0.1) is 0 Å². The Morgan fingerprint density at radius 3 is 2.38 bits per heavy atom. The molecule has 0 unspecified atom stereocenters. The standard InChI is InChI=1S/C24H26FN5O2/c1-24(2,25)32-19-5-3-17(4-6-19)21-20-9-12-30(18-7-10-26-11-8-18)22(20)28-23(27-21)29-13-15-31-16-14-29/h3-8,10-11H,9,12-16H2,1-2H3. The van der Waals surface area contributed by atoms with E-state index in [1.165, 1.54) is 13.8 Å². The molecule has 0 atom stereocenters. The number of rotatable bonds is 5. The Labute approximate surface area is 186 Å². The van der Waals surface area contributed by atoms with Crippen LogP contribution in [0.2, 0.25) is 0 Å². The van der Waals surface area contributed by atoms with E-state index in [9.17, 15) is 4.39 Å². The van der Waals surface area contributed by atoms with Gasteiger partial charge in [-0.25, -0.2) is 4.98 Å². The molecular weight excluding hydrogens is 409 g/mol. The monoisotopic (exact) mass is 435 g/mol. The van der Waals surface area contributed by atoms with Crippen molar-refractivity contribution in [3.8, 4) is 17.0 Å². The van der Waals surface area contributed by atoms with E-state index in [-0.39, 0.29) is 0 Å². The lowest BCUT2D eigenvalue weighted by Crippen LogP contribution is -2.37. The fourth-order valence-corrected chi connectivity index (χ4v) is 4.12. The summed E-state index contributed by atoms with van der Waals surface area (Å²) in [6, 6.07) is 11.4. The Balaban J connectivity index is 1.57. The Hall–Kier alpha value is -3.26. The van der Waals surface area contributed by atoms with Crippen LogP contribution in [0.5, 0.6) is 5.75 Å². The van der Waals surface area contributed by atoms with Gasteiger partial charge in [-0.2, -0.15) is 9.37 Å². The molecule has 2 aromatic heterocycles. The predicted molar refractivity (Wildman–Crippen MR) is 121 cm³/mol. The van der Waals surface area contributed by atoms with Crippen LogP contribution in [0, 0.1) is 0 Å². The van der Waals surface area contributed by atoms with Crippen molar-refractivity contribution >= 4 is 17.5 Å². The van der Waals surface area contributed by atoms with Crippen molar-refractivity contribution in [3.05, 3.63) is 54.4 Å². The van der Waals surface area contributed by atoms with Crippen LogP contribution in [0.15, 0.2) is 48.8 Å². The van der Waals surface area contributed by atoms with Crippen LogP contribution in [-0.2, 0) is 11.2 Å². The van der Waals surface area contributed by atoms with E-state index < -0.39 is 5.85 Å². The Morgan fingerprint density at radius 1 is 0.969 bits per heavy atom. The number of halogens is 1. The highest BCUT2D eigenvalue weighted by Gasteiger charge is 2.29. The number of aromatic nitrogens is 3. The molecule has 8 heteroatoms. The molecule has 0 N–H and O–H groups in total. The first-order valence-corrected chi connectivity index (χ1v) is 10.9. The highest BCUT2D eigenvalue weighted by atomic mass is 19.2. The van der Waals surface area contributed by atoms with E-state index in [0.29, 0.717) is 24.9 Å². The van der Waals surface area contributed by atoms with Crippen molar-refractivity contribution in [1.29, 1.82) is 0 Å². The highest BCUT2D eigenvalue weighted by molar-refractivity contribution is 5.77. The number of benzene rings is 1. The van der Waals surface area contributed by atoms with Crippen LogP contribution in [0.1, 0.15) is 19.4 Å². The van der Waals surface area contributed by atoms with Crippen molar-refractivity contribution < 1.29 is 13.9 Å². The van der Waals surface area contributed by atoms with E-state index in [2.05, 4.69) is 14.8 Å². The zero-order valence-corrected chi connectivity index (χ0v) is 18.3. The summed E-state index contributed by atoms with van der Waals surface area (Å²) in [4.78, 5) is 18.5. The van der Waals surface area contributed by atoms with Crippen LogP contribution >= 0.6 is 0 Å². The molecule has 1 saturated heterocycles. The number of anilines is 3. The lowest BCUT2D eigenvalue weighted by molar-refractivity contribution is -0.0256. The molecule has 7 nitrogen and oxygen atoms in total. The molecule has 0 amide bonds. The van der Waals surface area contributed by atoms with Gasteiger partial charge in [-0.05, 0) is 42.8 Å². The summed E-state index contributed by atoms with van der Waals surface area (Å²) >= 11 is 0. The van der Waals surface area contributed by atoms with Gasteiger partial charge >= 0.3 is 0 Å². The molecule has 0 bridgehead atoms. The van der Waals surface area contributed by atoms with Crippen molar-refractivity contribution in [2.24, 2.45) is 0 Å². The molecule has 0 saturated carbocycles. The van der Waals surface area contributed by atoms with Gasteiger partial charge in [0, 0.05) is 62.7 Å². The van der Waals surface area contributed by atoms with Gasteiger partial charge in [0.15, 0.2) is 0 Å². The third kappa shape index (κ3) is 4.23. The summed E-state index contributed by atoms with van der Waals surface area (Å²) in [5.74, 6) is 0.381. The molecule has 1 fully saturated rings. The number of alkyl halides is 1. The average Bonchev–Trinajstić information content (AvgIpc) is 3.23. The zero-order chi connectivity index (χ0) is 22.1. The quantitative estimate of drug-likeness (QED) is 0.596. The number of pyridine rings is 1. The largest absolute Gasteiger partial charge is 0.459 e.